The highest BCUT2D eigenvalue weighted by molar-refractivity contribution is 5.82. The van der Waals surface area contributed by atoms with Crippen LogP contribution >= 0.6 is 0 Å². The summed E-state index contributed by atoms with van der Waals surface area (Å²) in [6, 6.07) is -0.225. The third-order valence-corrected chi connectivity index (χ3v) is 8.26. The van der Waals surface area contributed by atoms with Crippen molar-refractivity contribution in [2.24, 2.45) is 23.7 Å². The van der Waals surface area contributed by atoms with Crippen LogP contribution in [0.2, 0.25) is 0 Å². The van der Waals surface area contributed by atoms with E-state index in [4.69, 9.17) is 5.11 Å². The monoisotopic (exact) mass is 449 g/mol. The van der Waals surface area contributed by atoms with Crippen molar-refractivity contribution < 1.29 is 14.7 Å². The molecule has 4 rings (SSSR count). The predicted octanol–water partition coefficient (Wildman–Crippen LogP) is 1.98. The molecule has 32 heavy (non-hydrogen) atoms. The van der Waals surface area contributed by atoms with Crippen LogP contribution in [-0.4, -0.2) is 72.3 Å². The zero-order valence-electron chi connectivity index (χ0n) is 19.6. The van der Waals surface area contributed by atoms with E-state index < -0.39 is 5.97 Å². The van der Waals surface area contributed by atoms with Gasteiger partial charge in [-0.15, -0.1) is 0 Å². The van der Waals surface area contributed by atoms with Gasteiger partial charge in [0.15, 0.2) is 0 Å². The van der Waals surface area contributed by atoms with Crippen LogP contribution in [0.3, 0.4) is 0 Å². The van der Waals surface area contributed by atoms with Gasteiger partial charge in [0.25, 0.3) is 0 Å². The SMILES string of the molecule is O=C(O)C1CCC(CN2NCC(C(=O)NCC3CCN(CC4CCCCC4)CC3)N2)CC1. The van der Waals surface area contributed by atoms with Crippen molar-refractivity contribution in [3.8, 4) is 0 Å². The molecule has 2 saturated carbocycles. The van der Waals surface area contributed by atoms with Crippen LogP contribution < -0.4 is 16.2 Å². The number of nitrogens with zero attached hydrogens (tertiary/aromatic N) is 2. The third kappa shape index (κ3) is 6.89. The molecule has 0 aromatic heterocycles. The number of carboxylic acids is 1. The molecule has 2 aliphatic heterocycles. The Hall–Kier alpha value is -1.22. The van der Waals surface area contributed by atoms with Gasteiger partial charge >= 0.3 is 5.97 Å². The van der Waals surface area contributed by atoms with Crippen molar-refractivity contribution in [2.75, 3.05) is 39.3 Å². The van der Waals surface area contributed by atoms with Crippen molar-refractivity contribution >= 4 is 11.9 Å². The first kappa shape index (κ1) is 23.9. The molecule has 8 heteroatoms. The minimum absolute atomic E-state index is 0.0826. The van der Waals surface area contributed by atoms with E-state index in [0.29, 0.717) is 18.4 Å². The molecule has 1 atom stereocenters. The fraction of sp³-hybridized carbons (Fsp3) is 0.917. The Bertz CT molecular complexity index is 611. The maximum Gasteiger partial charge on any atom is 0.306 e. The second kappa shape index (κ2) is 11.8. The maximum atomic E-state index is 12.7. The van der Waals surface area contributed by atoms with Crippen LogP contribution in [0.4, 0.5) is 0 Å². The molecule has 8 nitrogen and oxygen atoms in total. The zero-order chi connectivity index (χ0) is 22.3. The summed E-state index contributed by atoms with van der Waals surface area (Å²) in [5.74, 6) is 1.23. The molecule has 2 heterocycles. The second-order valence-electron chi connectivity index (χ2n) is 10.7. The van der Waals surface area contributed by atoms with Gasteiger partial charge in [0, 0.05) is 26.2 Å². The Morgan fingerprint density at radius 1 is 0.844 bits per heavy atom. The lowest BCUT2D eigenvalue weighted by Crippen LogP contribution is -2.49. The molecule has 182 valence electrons. The first-order valence-corrected chi connectivity index (χ1v) is 13.1. The minimum atomic E-state index is -0.660. The Morgan fingerprint density at radius 3 is 2.22 bits per heavy atom. The first-order valence-electron chi connectivity index (χ1n) is 13.1. The Balaban J connectivity index is 1.08. The van der Waals surface area contributed by atoms with E-state index in [1.54, 1.807) is 0 Å². The number of likely N-dealkylation sites (tertiary alicyclic amines) is 1. The smallest absolute Gasteiger partial charge is 0.306 e. The highest BCUT2D eigenvalue weighted by Crippen LogP contribution is 2.29. The number of nitrogens with one attached hydrogen (secondary N) is 3. The van der Waals surface area contributed by atoms with Crippen molar-refractivity contribution in [3.05, 3.63) is 0 Å². The summed E-state index contributed by atoms with van der Waals surface area (Å²) in [4.78, 5) is 26.4. The third-order valence-electron chi connectivity index (χ3n) is 8.26. The molecular formula is C24H43N5O3. The average molecular weight is 450 g/mol. The van der Waals surface area contributed by atoms with E-state index >= 15 is 0 Å². The van der Waals surface area contributed by atoms with Crippen molar-refractivity contribution in [3.63, 3.8) is 0 Å². The Morgan fingerprint density at radius 2 is 1.53 bits per heavy atom. The van der Waals surface area contributed by atoms with Crippen LogP contribution in [0, 0.1) is 23.7 Å². The molecule has 1 amide bonds. The van der Waals surface area contributed by atoms with Gasteiger partial charge in [-0.25, -0.2) is 10.9 Å². The quantitative estimate of drug-likeness (QED) is 0.450. The number of carbonyl (C=O) groups is 2. The number of hydrazine groups is 2. The summed E-state index contributed by atoms with van der Waals surface area (Å²) in [5.41, 5.74) is 6.59. The van der Waals surface area contributed by atoms with E-state index in [9.17, 15) is 9.59 Å². The van der Waals surface area contributed by atoms with E-state index in [2.05, 4.69) is 21.1 Å². The highest BCUT2D eigenvalue weighted by Gasteiger charge is 2.32. The summed E-state index contributed by atoms with van der Waals surface area (Å²) >= 11 is 0. The van der Waals surface area contributed by atoms with Crippen LogP contribution in [0.15, 0.2) is 0 Å². The number of aliphatic carboxylic acids is 1. The van der Waals surface area contributed by atoms with Gasteiger partial charge in [-0.3, -0.25) is 9.59 Å². The van der Waals surface area contributed by atoms with Crippen LogP contribution in [-0.2, 0) is 9.59 Å². The Kier molecular flexibility index (Phi) is 8.80. The summed E-state index contributed by atoms with van der Waals surface area (Å²) < 4.78 is 0. The van der Waals surface area contributed by atoms with Gasteiger partial charge < -0.3 is 15.3 Å². The van der Waals surface area contributed by atoms with Crippen molar-refractivity contribution in [1.29, 1.82) is 0 Å². The summed E-state index contributed by atoms with van der Waals surface area (Å²) in [7, 11) is 0. The molecule has 4 N–H and O–H groups in total. The van der Waals surface area contributed by atoms with Crippen molar-refractivity contribution in [2.45, 2.75) is 76.7 Å². The molecule has 0 radical (unpaired) electrons. The van der Waals surface area contributed by atoms with E-state index in [-0.39, 0.29) is 17.9 Å². The lowest BCUT2D eigenvalue weighted by molar-refractivity contribution is -0.143. The largest absolute Gasteiger partial charge is 0.481 e. The number of rotatable bonds is 8. The van der Waals surface area contributed by atoms with Gasteiger partial charge in [0.2, 0.25) is 5.91 Å². The van der Waals surface area contributed by atoms with Crippen LogP contribution in [0.1, 0.15) is 70.6 Å². The molecule has 1 unspecified atom stereocenters. The number of carboxylic acid groups (broad SMARTS) is 1. The van der Waals surface area contributed by atoms with Crippen LogP contribution in [0.5, 0.6) is 0 Å². The van der Waals surface area contributed by atoms with Gasteiger partial charge in [0.1, 0.15) is 6.04 Å². The summed E-state index contributed by atoms with van der Waals surface area (Å²) in [5, 5.41) is 14.3. The lowest BCUT2D eigenvalue weighted by Gasteiger charge is -2.35. The van der Waals surface area contributed by atoms with Gasteiger partial charge in [-0.1, -0.05) is 19.3 Å². The number of hydrogen-bond donors (Lipinski definition) is 4. The molecule has 0 aromatic rings. The Labute approximate surface area is 192 Å². The number of piperidine rings is 1. The number of hydrogen-bond acceptors (Lipinski definition) is 6. The topological polar surface area (TPSA) is 96.9 Å². The molecular weight excluding hydrogens is 406 g/mol. The standard InChI is InChI=1S/C24H43N5O3/c30-23(22-15-26-29(27-22)17-20-6-8-21(9-7-20)24(31)32)25-14-18-10-12-28(13-11-18)16-19-4-2-1-3-5-19/h18-22,26-27H,1-17H2,(H,25,30)(H,31,32). The fourth-order valence-electron chi connectivity index (χ4n) is 6.08. The lowest BCUT2D eigenvalue weighted by atomic mass is 9.82. The average Bonchev–Trinajstić information content (AvgIpc) is 3.28. The van der Waals surface area contributed by atoms with Crippen molar-refractivity contribution in [1.82, 2.24) is 26.2 Å². The number of carbonyl (C=O) groups excluding carboxylic acids is 1. The minimum Gasteiger partial charge on any atom is -0.481 e. The maximum absolute atomic E-state index is 12.7. The van der Waals surface area contributed by atoms with Crippen LogP contribution in [0.25, 0.3) is 0 Å². The van der Waals surface area contributed by atoms with Gasteiger partial charge in [0.05, 0.1) is 5.92 Å². The number of amides is 1. The van der Waals surface area contributed by atoms with E-state index in [1.165, 1.54) is 64.6 Å². The summed E-state index contributed by atoms with van der Waals surface area (Å²) in [6.45, 7) is 5.85. The predicted molar refractivity (Wildman–Crippen MR) is 123 cm³/mol. The fourth-order valence-corrected chi connectivity index (χ4v) is 6.08. The highest BCUT2D eigenvalue weighted by atomic mass is 16.4. The first-order chi connectivity index (χ1) is 15.6. The molecule has 2 aliphatic carbocycles. The van der Waals surface area contributed by atoms with E-state index in [0.717, 1.165) is 44.7 Å². The molecule has 0 aromatic carbocycles. The van der Waals surface area contributed by atoms with Gasteiger partial charge in [-0.05, 0) is 82.2 Å². The van der Waals surface area contributed by atoms with E-state index in [1.807, 2.05) is 5.12 Å². The molecule has 0 spiro atoms. The normalized spacial score (nSPS) is 31.6. The zero-order valence-corrected chi connectivity index (χ0v) is 19.6. The molecule has 4 aliphatic rings. The van der Waals surface area contributed by atoms with Gasteiger partial charge in [-0.2, -0.15) is 5.12 Å². The molecule has 2 saturated heterocycles. The second-order valence-corrected chi connectivity index (χ2v) is 10.7. The molecule has 4 fully saturated rings. The molecule has 0 bridgehead atoms. The summed E-state index contributed by atoms with van der Waals surface area (Å²) in [6.07, 6.45) is 12.9.